The molecule has 43 heavy (non-hydrogen) atoms. The van der Waals surface area contributed by atoms with Gasteiger partial charge in [-0.1, -0.05) is 5.21 Å². The highest BCUT2D eigenvalue weighted by Gasteiger charge is 2.32. The van der Waals surface area contributed by atoms with Gasteiger partial charge in [0.15, 0.2) is 5.82 Å². The van der Waals surface area contributed by atoms with Crippen LogP contribution in [0.4, 0.5) is 22.2 Å². The normalized spacial score (nSPS) is 15.6. The Labute approximate surface area is 248 Å². The molecule has 0 aliphatic carbocycles. The van der Waals surface area contributed by atoms with Crippen molar-refractivity contribution < 1.29 is 14.3 Å². The quantitative estimate of drug-likeness (QED) is 0.300. The standard InChI is InChI=1S/C30H34N10O3/c1-18-13-20(7-10-25(18)42-21-8-9-24-22(14-21)36-37-38(24)6)34-27-26-23(32-17-33-27)15-31-28(35-26)39-11-12-40(19(2)16-39)29(41)43-30(3,4)5/h7-10,13-15,17,19H,11-12,16H2,1-6H3,(H,32,33,34)/t19-/m1/s1. The molecule has 2 aromatic carbocycles. The van der Waals surface area contributed by atoms with Crippen LogP contribution < -0.4 is 15.0 Å². The van der Waals surface area contributed by atoms with Gasteiger partial charge in [-0.05, 0) is 70.5 Å². The monoisotopic (exact) mass is 582 g/mol. The zero-order chi connectivity index (χ0) is 30.3. The van der Waals surface area contributed by atoms with Crippen LogP contribution in [0, 0.1) is 6.92 Å². The molecule has 1 aliphatic heterocycles. The van der Waals surface area contributed by atoms with Gasteiger partial charge in [0.25, 0.3) is 0 Å². The number of piperazine rings is 1. The number of nitrogens with one attached hydrogen (secondary N) is 1. The number of carbonyl (C=O) groups is 1. The van der Waals surface area contributed by atoms with Crippen molar-refractivity contribution in [1.82, 2.24) is 39.8 Å². The third-order valence-corrected chi connectivity index (χ3v) is 7.15. The number of carbonyl (C=O) groups excluding carboxylic acids is 1. The molecule has 1 amide bonds. The zero-order valence-electron chi connectivity index (χ0n) is 25.1. The minimum absolute atomic E-state index is 0.0706. The average molecular weight is 583 g/mol. The lowest BCUT2D eigenvalue weighted by atomic mass is 10.2. The van der Waals surface area contributed by atoms with Crippen LogP contribution in [-0.2, 0) is 11.8 Å². The van der Waals surface area contributed by atoms with E-state index in [4.69, 9.17) is 14.5 Å². The maximum Gasteiger partial charge on any atom is 0.410 e. The second-order valence-electron chi connectivity index (χ2n) is 11.7. The SMILES string of the molecule is Cc1cc(Nc2ncnc3cnc(N4CCN(C(=O)OC(C)(C)C)[C@H](C)C4)nc23)ccc1Oc1ccc2c(c1)nnn2C. The van der Waals surface area contributed by atoms with Crippen molar-refractivity contribution in [2.75, 3.05) is 29.9 Å². The zero-order valence-corrected chi connectivity index (χ0v) is 25.1. The van der Waals surface area contributed by atoms with Crippen LogP contribution in [0.5, 0.6) is 11.5 Å². The van der Waals surface area contributed by atoms with E-state index in [1.54, 1.807) is 15.8 Å². The Morgan fingerprint density at radius 3 is 2.65 bits per heavy atom. The van der Waals surface area contributed by atoms with E-state index < -0.39 is 5.60 Å². The van der Waals surface area contributed by atoms with Crippen LogP contribution in [0.15, 0.2) is 48.9 Å². The van der Waals surface area contributed by atoms with E-state index in [1.807, 2.05) is 78.1 Å². The summed E-state index contributed by atoms with van der Waals surface area (Å²) >= 11 is 0. The van der Waals surface area contributed by atoms with Crippen molar-refractivity contribution in [3.8, 4) is 11.5 Å². The van der Waals surface area contributed by atoms with Crippen LogP contribution in [-0.4, -0.2) is 77.2 Å². The first-order chi connectivity index (χ1) is 20.5. The van der Waals surface area contributed by atoms with E-state index in [9.17, 15) is 4.79 Å². The summed E-state index contributed by atoms with van der Waals surface area (Å²) in [6, 6.07) is 11.5. The molecule has 1 atom stereocenters. The number of aryl methyl sites for hydroxylation is 2. The predicted octanol–water partition coefficient (Wildman–Crippen LogP) is 4.99. The molecular weight excluding hydrogens is 548 g/mol. The Hall–Kier alpha value is -5.07. The van der Waals surface area contributed by atoms with Gasteiger partial charge < -0.3 is 24.6 Å². The summed E-state index contributed by atoms with van der Waals surface area (Å²) in [6.45, 7) is 11.3. The molecule has 0 radical (unpaired) electrons. The Kier molecular flexibility index (Phi) is 7.16. The highest BCUT2D eigenvalue weighted by molar-refractivity contribution is 5.87. The number of aromatic nitrogens is 7. The number of ether oxygens (including phenoxy) is 2. The van der Waals surface area contributed by atoms with Crippen LogP contribution in [0.2, 0.25) is 0 Å². The third-order valence-electron chi connectivity index (χ3n) is 7.15. The van der Waals surface area contributed by atoms with Crippen molar-refractivity contribution in [1.29, 1.82) is 0 Å². The fourth-order valence-corrected chi connectivity index (χ4v) is 5.01. The van der Waals surface area contributed by atoms with E-state index >= 15 is 0 Å². The number of hydrogen-bond acceptors (Lipinski definition) is 11. The van der Waals surface area contributed by atoms with Crippen molar-refractivity contribution in [2.45, 2.75) is 46.3 Å². The molecule has 0 bridgehead atoms. The third kappa shape index (κ3) is 5.96. The van der Waals surface area contributed by atoms with Crippen LogP contribution in [0.1, 0.15) is 33.3 Å². The molecule has 0 spiro atoms. The number of nitrogens with zero attached hydrogens (tertiary/aromatic N) is 9. The molecular formula is C30H34N10O3. The van der Waals surface area contributed by atoms with E-state index in [0.29, 0.717) is 48.2 Å². The summed E-state index contributed by atoms with van der Waals surface area (Å²) in [6.07, 6.45) is 2.88. The van der Waals surface area contributed by atoms with Crippen molar-refractivity contribution in [3.63, 3.8) is 0 Å². The second-order valence-corrected chi connectivity index (χ2v) is 11.7. The topological polar surface area (TPSA) is 136 Å². The molecule has 6 rings (SSSR count). The summed E-state index contributed by atoms with van der Waals surface area (Å²) in [7, 11) is 1.86. The Bertz CT molecular complexity index is 1820. The molecule has 1 aliphatic rings. The highest BCUT2D eigenvalue weighted by Crippen LogP contribution is 2.31. The van der Waals surface area contributed by atoms with Gasteiger partial charge in [0.1, 0.15) is 40.0 Å². The van der Waals surface area contributed by atoms with Crippen molar-refractivity contribution in [2.24, 2.45) is 7.05 Å². The molecule has 222 valence electrons. The molecule has 0 unspecified atom stereocenters. The molecule has 13 heteroatoms. The van der Waals surface area contributed by atoms with Crippen LogP contribution in [0.3, 0.4) is 0 Å². The van der Waals surface area contributed by atoms with Gasteiger partial charge in [0.2, 0.25) is 5.95 Å². The number of anilines is 3. The van der Waals surface area contributed by atoms with Crippen LogP contribution in [0.25, 0.3) is 22.1 Å². The summed E-state index contributed by atoms with van der Waals surface area (Å²) in [5.74, 6) is 2.53. The fourth-order valence-electron chi connectivity index (χ4n) is 5.01. The lowest BCUT2D eigenvalue weighted by Crippen LogP contribution is -2.55. The molecule has 1 N–H and O–H groups in total. The molecule has 0 saturated carbocycles. The summed E-state index contributed by atoms with van der Waals surface area (Å²) in [5, 5.41) is 11.6. The molecule has 1 saturated heterocycles. The van der Waals surface area contributed by atoms with E-state index in [0.717, 1.165) is 28.0 Å². The summed E-state index contributed by atoms with van der Waals surface area (Å²) in [4.78, 5) is 34.7. The second kappa shape index (κ2) is 11.0. The van der Waals surface area contributed by atoms with Gasteiger partial charge >= 0.3 is 6.09 Å². The first-order valence-corrected chi connectivity index (χ1v) is 14.1. The largest absolute Gasteiger partial charge is 0.457 e. The number of hydrogen-bond donors (Lipinski definition) is 1. The Balaban J connectivity index is 1.18. The smallest absolute Gasteiger partial charge is 0.410 e. The Morgan fingerprint density at radius 2 is 1.88 bits per heavy atom. The molecule has 3 aromatic heterocycles. The van der Waals surface area contributed by atoms with Crippen molar-refractivity contribution >= 4 is 45.6 Å². The van der Waals surface area contributed by atoms with Gasteiger partial charge in [-0.25, -0.2) is 29.4 Å². The maximum absolute atomic E-state index is 12.7. The number of amides is 1. The minimum Gasteiger partial charge on any atom is -0.457 e. The molecule has 13 nitrogen and oxygen atoms in total. The van der Waals surface area contributed by atoms with E-state index in [1.165, 1.54) is 6.33 Å². The molecule has 5 aromatic rings. The summed E-state index contributed by atoms with van der Waals surface area (Å²) in [5.41, 5.74) is 4.15. The fraction of sp³-hybridized carbons (Fsp3) is 0.367. The van der Waals surface area contributed by atoms with Gasteiger partial charge in [-0.2, -0.15) is 0 Å². The number of rotatable bonds is 5. The van der Waals surface area contributed by atoms with Crippen molar-refractivity contribution in [3.05, 3.63) is 54.5 Å². The molecule has 4 heterocycles. The lowest BCUT2D eigenvalue weighted by molar-refractivity contribution is 0.0158. The van der Waals surface area contributed by atoms with Gasteiger partial charge in [-0.15, -0.1) is 5.10 Å². The minimum atomic E-state index is -0.544. The van der Waals surface area contributed by atoms with Crippen LogP contribution >= 0.6 is 0 Å². The maximum atomic E-state index is 12.7. The molecule has 1 fully saturated rings. The first-order valence-electron chi connectivity index (χ1n) is 14.1. The summed E-state index contributed by atoms with van der Waals surface area (Å²) < 4.78 is 13.5. The van der Waals surface area contributed by atoms with E-state index in [-0.39, 0.29) is 12.1 Å². The van der Waals surface area contributed by atoms with Gasteiger partial charge in [0.05, 0.1) is 11.7 Å². The average Bonchev–Trinajstić information content (AvgIpc) is 3.33. The van der Waals surface area contributed by atoms with E-state index in [2.05, 4.69) is 35.5 Å². The Morgan fingerprint density at radius 1 is 1.05 bits per heavy atom. The van der Waals surface area contributed by atoms with Gasteiger partial charge in [-0.3, -0.25) is 0 Å². The number of benzene rings is 2. The lowest BCUT2D eigenvalue weighted by Gasteiger charge is -2.40. The number of fused-ring (bicyclic) bond motifs is 2. The highest BCUT2D eigenvalue weighted by atomic mass is 16.6. The van der Waals surface area contributed by atoms with Gasteiger partial charge in [0, 0.05) is 44.5 Å². The predicted molar refractivity (Wildman–Crippen MR) is 163 cm³/mol. The first kappa shape index (κ1) is 28.1.